The molecule has 1 unspecified atom stereocenters. The van der Waals surface area contributed by atoms with Crippen LogP contribution in [-0.4, -0.2) is 45.4 Å². The number of hydrogen-bond acceptors (Lipinski definition) is 5. The second kappa shape index (κ2) is 7.95. The van der Waals surface area contributed by atoms with Crippen LogP contribution in [0, 0.1) is 5.41 Å². The zero-order valence-electron chi connectivity index (χ0n) is 16.8. The van der Waals surface area contributed by atoms with Crippen molar-refractivity contribution in [3.63, 3.8) is 0 Å². The molecule has 1 saturated heterocycles. The van der Waals surface area contributed by atoms with Crippen LogP contribution in [0.1, 0.15) is 56.8 Å². The zero-order valence-corrected chi connectivity index (χ0v) is 16.8. The van der Waals surface area contributed by atoms with Gasteiger partial charge in [-0.05, 0) is 56.3 Å². The SMILES string of the molecule is CC1(C)Cc2nc(-c3cccnc3)ncc2C(NC(=O)CN2CCCCC2)C1. The van der Waals surface area contributed by atoms with E-state index in [0.717, 1.165) is 42.8 Å². The fourth-order valence-corrected chi connectivity index (χ4v) is 4.37. The van der Waals surface area contributed by atoms with Crippen LogP contribution in [-0.2, 0) is 11.2 Å². The first-order valence-corrected chi connectivity index (χ1v) is 10.3. The molecule has 1 amide bonds. The Kier molecular flexibility index (Phi) is 5.40. The second-order valence-corrected chi connectivity index (χ2v) is 8.84. The smallest absolute Gasteiger partial charge is 0.234 e. The van der Waals surface area contributed by atoms with Gasteiger partial charge in [-0.1, -0.05) is 20.3 Å². The van der Waals surface area contributed by atoms with Crippen molar-refractivity contribution in [1.82, 2.24) is 25.2 Å². The Balaban J connectivity index is 1.53. The van der Waals surface area contributed by atoms with Gasteiger partial charge in [0.25, 0.3) is 0 Å². The lowest BCUT2D eigenvalue weighted by atomic mass is 9.74. The van der Waals surface area contributed by atoms with Crippen LogP contribution in [0.3, 0.4) is 0 Å². The van der Waals surface area contributed by atoms with Crippen LogP contribution in [0.5, 0.6) is 0 Å². The van der Waals surface area contributed by atoms with E-state index in [-0.39, 0.29) is 17.4 Å². The summed E-state index contributed by atoms with van der Waals surface area (Å²) < 4.78 is 0. The highest BCUT2D eigenvalue weighted by molar-refractivity contribution is 5.78. The van der Waals surface area contributed by atoms with Gasteiger partial charge < -0.3 is 5.32 Å². The number of nitrogens with zero attached hydrogens (tertiary/aromatic N) is 4. The minimum Gasteiger partial charge on any atom is -0.348 e. The minimum atomic E-state index is -0.0287. The highest BCUT2D eigenvalue weighted by Gasteiger charge is 2.34. The number of hydrogen-bond donors (Lipinski definition) is 1. The van der Waals surface area contributed by atoms with E-state index >= 15 is 0 Å². The largest absolute Gasteiger partial charge is 0.348 e. The summed E-state index contributed by atoms with van der Waals surface area (Å²) in [5.41, 5.74) is 3.09. The number of nitrogens with one attached hydrogen (secondary N) is 1. The molecular weight excluding hydrogens is 350 g/mol. The Hall–Kier alpha value is -2.34. The number of piperidine rings is 1. The van der Waals surface area contributed by atoms with E-state index in [1.165, 1.54) is 19.3 Å². The van der Waals surface area contributed by atoms with Crippen molar-refractivity contribution in [1.29, 1.82) is 0 Å². The van der Waals surface area contributed by atoms with Crippen molar-refractivity contribution in [2.75, 3.05) is 19.6 Å². The van der Waals surface area contributed by atoms with E-state index in [1.54, 1.807) is 12.4 Å². The summed E-state index contributed by atoms with van der Waals surface area (Å²) in [4.78, 5) is 28.5. The van der Waals surface area contributed by atoms with Crippen molar-refractivity contribution in [3.05, 3.63) is 42.0 Å². The standard InChI is InChI=1S/C22H29N5O/c1-22(2)11-18(25-20(28)15-27-9-4-3-5-10-27)17-14-24-21(26-19(17)12-22)16-7-6-8-23-13-16/h6-8,13-14,18H,3-5,9-12,15H2,1-2H3,(H,25,28). The molecular formula is C22H29N5O. The number of aromatic nitrogens is 3. The lowest BCUT2D eigenvalue weighted by Gasteiger charge is -2.37. The number of rotatable bonds is 4. The molecule has 1 aliphatic carbocycles. The Morgan fingerprint density at radius 1 is 1.25 bits per heavy atom. The average Bonchev–Trinajstić information content (AvgIpc) is 2.68. The lowest BCUT2D eigenvalue weighted by molar-refractivity contribution is -0.123. The number of fused-ring (bicyclic) bond motifs is 1. The first-order valence-electron chi connectivity index (χ1n) is 10.3. The first-order chi connectivity index (χ1) is 13.5. The quantitative estimate of drug-likeness (QED) is 0.884. The van der Waals surface area contributed by atoms with E-state index in [2.05, 4.69) is 34.0 Å². The van der Waals surface area contributed by atoms with Gasteiger partial charge >= 0.3 is 0 Å². The molecule has 0 saturated carbocycles. The molecule has 0 bridgehead atoms. The molecule has 1 aliphatic heterocycles. The van der Waals surface area contributed by atoms with Gasteiger partial charge in [-0.3, -0.25) is 14.7 Å². The fourth-order valence-electron chi connectivity index (χ4n) is 4.37. The van der Waals surface area contributed by atoms with Gasteiger partial charge in [-0.15, -0.1) is 0 Å². The highest BCUT2D eigenvalue weighted by atomic mass is 16.2. The fraction of sp³-hybridized carbons (Fsp3) is 0.545. The minimum absolute atomic E-state index is 0.0287. The number of carbonyl (C=O) groups excluding carboxylic acids is 1. The summed E-state index contributed by atoms with van der Waals surface area (Å²) in [6.07, 6.45) is 10.9. The third-order valence-corrected chi connectivity index (χ3v) is 5.75. The first kappa shape index (κ1) is 19.0. The molecule has 0 spiro atoms. The molecule has 3 heterocycles. The molecule has 148 valence electrons. The Morgan fingerprint density at radius 3 is 2.82 bits per heavy atom. The van der Waals surface area contributed by atoms with Gasteiger partial charge in [0.1, 0.15) is 0 Å². The molecule has 2 aromatic rings. The highest BCUT2D eigenvalue weighted by Crippen LogP contribution is 2.40. The van der Waals surface area contributed by atoms with Crippen molar-refractivity contribution in [3.8, 4) is 11.4 Å². The van der Waals surface area contributed by atoms with Gasteiger partial charge in [0.2, 0.25) is 5.91 Å². The summed E-state index contributed by atoms with van der Waals surface area (Å²) in [6, 6.07) is 3.84. The van der Waals surface area contributed by atoms with Gasteiger partial charge in [0.15, 0.2) is 5.82 Å². The maximum absolute atomic E-state index is 12.7. The number of carbonyl (C=O) groups is 1. The van der Waals surface area contributed by atoms with Crippen molar-refractivity contribution < 1.29 is 4.79 Å². The van der Waals surface area contributed by atoms with Gasteiger partial charge in [-0.2, -0.15) is 0 Å². The molecule has 2 aromatic heterocycles. The molecule has 1 fully saturated rings. The molecule has 6 heteroatoms. The summed E-state index contributed by atoms with van der Waals surface area (Å²) in [5, 5.41) is 3.26. The van der Waals surface area contributed by atoms with Crippen LogP contribution in [0.4, 0.5) is 0 Å². The maximum atomic E-state index is 12.7. The number of amides is 1. The summed E-state index contributed by atoms with van der Waals surface area (Å²) in [7, 11) is 0. The van der Waals surface area contributed by atoms with E-state index < -0.39 is 0 Å². The van der Waals surface area contributed by atoms with Crippen molar-refractivity contribution in [2.45, 2.75) is 52.0 Å². The lowest BCUT2D eigenvalue weighted by Crippen LogP contribution is -2.43. The van der Waals surface area contributed by atoms with Gasteiger partial charge in [0, 0.05) is 29.7 Å². The Bertz CT molecular complexity index is 830. The molecule has 0 aromatic carbocycles. The zero-order chi connectivity index (χ0) is 19.6. The van der Waals surface area contributed by atoms with Gasteiger partial charge in [-0.25, -0.2) is 9.97 Å². The Morgan fingerprint density at radius 2 is 2.07 bits per heavy atom. The van der Waals surface area contributed by atoms with E-state index in [0.29, 0.717) is 12.4 Å². The molecule has 4 rings (SSSR count). The van der Waals surface area contributed by atoms with Crippen LogP contribution in [0.25, 0.3) is 11.4 Å². The topological polar surface area (TPSA) is 71.0 Å². The van der Waals surface area contributed by atoms with E-state index in [9.17, 15) is 4.79 Å². The molecule has 2 aliphatic rings. The molecule has 0 radical (unpaired) electrons. The maximum Gasteiger partial charge on any atom is 0.234 e. The van der Waals surface area contributed by atoms with Crippen LogP contribution in [0.15, 0.2) is 30.7 Å². The molecule has 1 atom stereocenters. The van der Waals surface area contributed by atoms with Crippen LogP contribution < -0.4 is 5.32 Å². The van der Waals surface area contributed by atoms with Crippen molar-refractivity contribution in [2.24, 2.45) is 5.41 Å². The molecule has 1 N–H and O–H groups in total. The predicted molar refractivity (Wildman–Crippen MR) is 109 cm³/mol. The second-order valence-electron chi connectivity index (χ2n) is 8.84. The third-order valence-electron chi connectivity index (χ3n) is 5.75. The number of pyridine rings is 1. The summed E-state index contributed by atoms with van der Waals surface area (Å²) in [6.45, 7) is 7.02. The monoisotopic (exact) mass is 379 g/mol. The van der Waals surface area contributed by atoms with Crippen LogP contribution >= 0.6 is 0 Å². The summed E-state index contributed by atoms with van der Waals surface area (Å²) >= 11 is 0. The average molecular weight is 380 g/mol. The Labute approximate surface area is 166 Å². The van der Waals surface area contributed by atoms with E-state index in [4.69, 9.17) is 4.98 Å². The molecule has 28 heavy (non-hydrogen) atoms. The van der Waals surface area contributed by atoms with Crippen LogP contribution in [0.2, 0.25) is 0 Å². The van der Waals surface area contributed by atoms with E-state index in [1.807, 2.05) is 18.3 Å². The van der Waals surface area contributed by atoms with Crippen molar-refractivity contribution >= 4 is 5.91 Å². The van der Waals surface area contributed by atoms with Gasteiger partial charge in [0.05, 0.1) is 18.3 Å². The third kappa shape index (κ3) is 4.38. The predicted octanol–water partition coefficient (Wildman–Crippen LogP) is 3.15. The number of likely N-dealkylation sites (tertiary alicyclic amines) is 1. The normalized spacial score (nSPS) is 21.7. The molecule has 6 nitrogen and oxygen atoms in total. The summed E-state index contributed by atoms with van der Waals surface area (Å²) in [5.74, 6) is 0.801.